The molecule has 2 aromatic carbocycles. The lowest BCUT2D eigenvalue weighted by atomic mass is 10.2. The van der Waals surface area contributed by atoms with Crippen LogP contribution in [0.2, 0.25) is 5.02 Å². The third-order valence-corrected chi connectivity index (χ3v) is 4.85. The summed E-state index contributed by atoms with van der Waals surface area (Å²) in [7, 11) is 1.56. The van der Waals surface area contributed by atoms with Crippen LogP contribution in [0.4, 0.5) is 4.39 Å². The van der Waals surface area contributed by atoms with Gasteiger partial charge in [-0.1, -0.05) is 11.6 Å². The van der Waals surface area contributed by atoms with Crippen molar-refractivity contribution in [1.29, 1.82) is 0 Å². The van der Waals surface area contributed by atoms with Gasteiger partial charge < -0.3 is 9.47 Å². The van der Waals surface area contributed by atoms with Crippen LogP contribution in [0.5, 0.6) is 11.5 Å². The number of ether oxygens (including phenoxy) is 2. The first-order chi connectivity index (χ1) is 12.0. The van der Waals surface area contributed by atoms with Crippen LogP contribution in [0, 0.1) is 5.82 Å². The van der Waals surface area contributed by atoms with Gasteiger partial charge in [0.1, 0.15) is 22.3 Å². The zero-order chi connectivity index (χ0) is 18.0. The summed E-state index contributed by atoms with van der Waals surface area (Å²) < 4.78 is 24.6. The lowest BCUT2D eigenvalue weighted by Gasteiger charge is -2.11. The molecule has 0 saturated heterocycles. The van der Waals surface area contributed by atoms with Crippen molar-refractivity contribution in [1.82, 2.24) is 4.98 Å². The number of rotatable bonds is 5. The summed E-state index contributed by atoms with van der Waals surface area (Å²) in [6.07, 6.45) is 1.76. The lowest BCUT2D eigenvalue weighted by molar-refractivity contribution is 0.242. The second-order valence-electron chi connectivity index (χ2n) is 5.69. The summed E-state index contributed by atoms with van der Waals surface area (Å²) in [6, 6.07) is 10.0. The van der Waals surface area contributed by atoms with E-state index in [1.54, 1.807) is 19.4 Å². The normalized spacial score (nSPS) is 11.0. The largest absolute Gasteiger partial charge is 0.496 e. The Labute approximate surface area is 155 Å². The monoisotopic (exact) mass is 377 g/mol. The molecule has 0 unspecified atom stereocenters. The van der Waals surface area contributed by atoms with Crippen LogP contribution in [0.15, 0.2) is 42.6 Å². The van der Waals surface area contributed by atoms with Crippen molar-refractivity contribution in [3.8, 4) is 32.5 Å². The van der Waals surface area contributed by atoms with Crippen LogP contribution in [0.25, 0.3) is 21.0 Å². The minimum atomic E-state index is -0.316. The molecule has 0 spiro atoms. The summed E-state index contributed by atoms with van der Waals surface area (Å²) in [6.45, 7) is 3.90. The summed E-state index contributed by atoms with van der Waals surface area (Å²) in [4.78, 5) is 5.26. The number of nitrogens with zero attached hydrogens (tertiary/aromatic N) is 1. The van der Waals surface area contributed by atoms with Crippen molar-refractivity contribution in [2.75, 3.05) is 7.11 Å². The van der Waals surface area contributed by atoms with E-state index in [1.807, 2.05) is 32.0 Å². The summed E-state index contributed by atoms with van der Waals surface area (Å²) in [5.74, 6) is 0.934. The Bertz CT molecular complexity index is 895. The molecule has 25 heavy (non-hydrogen) atoms. The van der Waals surface area contributed by atoms with Crippen molar-refractivity contribution in [2.24, 2.45) is 0 Å². The molecule has 0 amide bonds. The molecule has 0 bridgehead atoms. The average Bonchev–Trinajstić information content (AvgIpc) is 3.06. The molecule has 0 saturated carbocycles. The molecule has 6 heteroatoms. The topological polar surface area (TPSA) is 31.4 Å². The SMILES string of the molecule is COc1ccc(F)cc1-c1cnc(-c2ccc(OC(C)C)c(Cl)c2)s1. The third kappa shape index (κ3) is 3.94. The molecule has 0 aliphatic carbocycles. The maximum atomic E-state index is 13.6. The first kappa shape index (κ1) is 17.7. The zero-order valence-electron chi connectivity index (χ0n) is 14.0. The standard InChI is InChI=1S/C19H17ClFNO2S/c1-11(2)24-17-6-4-12(8-15(17)20)19-22-10-18(25-19)14-9-13(21)5-7-16(14)23-3/h4-11H,1-3H3. The van der Waals surface area contributed by atoms with E-state index in [2.05, 4.69) is 4.98 Å². The van der Waals surface area contributed by atoms with Crippen LogP contribution in [-0.2, 0) is 0 Å². The fourth-order valence-corrected chi connectivity index (χ4v) is 3.55. The maximum absolute atomic E-state index is 13.6. The summed E-state index contributed by atoms with van der Waals surface area (Å²) in [5.41, 5.74) is 1.56. The minimum absolute atomic E-state index is 0.0512. The van der Waals surface area contributed by atoms with E-state index in [9.17, 15) is 4.39 Å². The van der Waals surface area contributed by atoms with Gasteiger partial charge in [-0.25, -0.2) is 9.37 Å². The number of aromatic nitrogens is 1. The Morgan fingerprint density at radius 3 is 2.56 bits per heavy atom. The molecule has 0 N–H and O–H groups in total. The van der Waals surface area contributed by atoms with Gasteiger partial charge in [0.05, 0.1) is 23.1 Å². The van der Waals surface area contributed by atoms with E-state index in [0.717, 1.165) is 15.4 Å². The third-order valence-electron chi connectivity index (χ3n) is 3.47. The fourth-order valence-electron chi connectivity index (χ4n) is 2.39. The second kappa shape index (κ2) is 7.42. The highest BCUT2D eigenvalue weighted by molar-refractivity contribution is 7.18. The highest BCUT2D eigenvalue weighted by atomic mass is 35.5. The summed E-state index contributed by atoms with van der Waals surface area (Å²) >= 11 is 7.75. The average molecular weight is 378 g/mol. The van der Waals surface area contributed by atoms with E-state index in [1.165, 1.54) is 23.5 Å². The van der Waals surface area contributed by atoms with E-state index >= 15 is 0 Å². The number of thiazole rings is 1. The van der Waals surface area contributed by atoms with Crippen molar-refractivity contribution >= 4 is 22.9 Å². The first-order valence-corrected chi connectivity index (χ1v) is 8.93. The van der Waals surface area contributed by atoms with Gasteiger partial charge in [0.15, 0.2) is 0 Å². The van der Waals surface area contributed by atoms with Crippen molar-refractivity contribution in [3.05, 3.63) is 53.4 Å². The number of hydrogen-bond donors (Lipinski definition) is 0. The van der Waals surface area contributed by atoms with Crippen LogP contribution in [-0.4, -0.2) is 18.2 Å². The fraction of sp³-hybridized carbons (Fsp3) is 0.211. The Morgan fingerprint density at radius 1 is 1.12 bits per heavy atom. The van der Waals surface area contributed by atoms with Crippen molar-refractivity contribution in [3.63, 3.8) is 0 Å². The van der Waals surface area contributed by atoms with Gasteiger partial charge in [-0.05, 0) is 50.2 Å². The van der Waals surface area contributed by atoms with E-state index < -0.39 is 0 Å². The molecule has 0 aliphatic heterocycles. The number of methoxy groups -OCH3 is 1. The zero-order valence-corrected chi connectivity index (χ0v) is 15.6. The van der Waals surface area contributed by atoms with Gasteiger partial charge in [-0.3, -0.25) is 0 Å². The van der Waals surface area contributed by atoms with E-state index in [0.29, 0.717) is 22.1 Å². The summed E-state index contributed by atoms with van der Waals surface area (Å²) in [5, 5.41) is 1.32. The highest BCUT2D eigenvalue weighted by Crippen LogP contribution is 2.39. The quantitative estimate of drug-likeness (QED) is 0.541. The second-order valence-corrected chi connectivity index (χ2v) is 7.12. The van der Waals surface area contributed by atoms with Crippen molar-refractivity contribution < 1.29 is 13.9 Å². The highest BCUT2D eigenvalue weighted by Gasteiger charge is 2.13. The molecule has 1 aromatic heterocycles. The molecule has 0 aliphatic rings. The Balaban J connectivity index is 1.94. The van der Waals surface area contributed by atoms with Crippen LogP contribution < -0.4 is 9.47 Å². The molecule has 3 aromatic rings. The molecule has 1 heterocycles. The Morgan fingerprint density at radius 2 is 1.88 bits per heavy atom. The number of hydrogen-bond acceptors (Lipinski definition) is 4. The van der Waals surface area contributed by atoms with Gasteiger partial charge in [-0.2, -0.15) is 0 Å². The maximum Gasteiger partial charge on any atom is 0.138 e. The van der Waals surface area contributed by atoms with Crippen molar-refractivity contribution in [2.45, 2.75) is 20.0 Å². The van der Waals surface area contributed by atoms with Gasteiger partial charge >= 0.3 is 0 Å². The minimum Gasteiger partial charge on any atom is -0.496 e. The number of halogens is 2. The Kier molecular flexibility index (Phi) is 5.25. The molecule has 130 valence electrons. The lowest BCUT2D eigenvalue weighted by Crippen LogP contribution is -2.05. The predicted octanol–water partition coefficient (Wildman–Crippen LogP) is 6.07. The van der Waals surface area contributed by atoms with Gasteiger partial charge in [0, 0.05) is 17.3 Å². The van der Waals surface area contributed by atoms with Gasteiger partial charge in [0.2, 0.25) is 0 Å². The molecular formula is C19H17ClFNO2S. The first-order valence-electron chi connectivity index (χ1n) is 7.74. The Hall–Kier alpha value is -2.11. The molecular weight excluding hydrogens is 361 g/mol. The molecule has 0 radical (unpaired) electrons. The molecule has 0 fully saturated rings. The van der Waals surface area contributed by atoms with Crippen LogP contribution in [0.1, 0.15) is 13.8 Å². The molecule has 3 nitrogen and oxygen atoms in total. The van der Waals surface area contributed by atoms with Gasteiger partial charge in [0.25, 0.3) is 0 Å². The van der Waals surface area contributed by atoms with Gasteiger partial charge in [-0.15, -0.1) is 11.3 Å². The molecule has 0 atom stereocenters. The molecule has 3 rings (SSSR count). The van der Waals surface area contributed by atoms with E-state index in [-0.39, 0.29) is 11.9 Å². The van der Waals surface area contributed by atoms with Crippen LogP contribution >= 0.6 is 22.9 Å². The van der Waals surface area contributed by atoms with Crippen LogP contribution in [0.3, 0.4) is 0 Å². The smallest absolute Gasteiger partial charge is 0.138 e. The predicted molar refractivity (Wildman–Crippen MR) is 100 cm³/mol. The van der Waals surface area contributed by atoms with E-state index in [4.69, 9.17) is 21.1 Å². The number of benzene rings is 2.